The van der Waals surface area contributed by atoms with Gasteiger partial charge >= 0.3 is 0 Å². The van der Waals surface area contributed by atoms with Gasteiger partial charge in [0, 0.05) is 0 Å². The normalized spacial score (nSPS) is 22.3. The molecule has 1 saturated heterocycles. The van der Waals surface area contributed by atoms with E-state index in [-0.39, 0.29) is 12.1 Å². The zero-order valence-electron chi connectivity index (χ0n) is 9.94. The first-order valence-corrected chi connectivity index (χ1v) is 6.11. The number of hydrogen-bond donors (Lipinski definition) is 0. The smallest absolute Gasteiger partial charge is 0.0782 e. The molecule has 0 aliphatic carbocycles. The molecule has 2 aromatic carbocycles. The standard InChI is InChI=1S/C15H14N2O/c18-16-17-14(12-7-3-1-4-8-12)11-15(17)13-9-5-2-6-10-13/h1-10,14-15H,11H2/t14-,15-/m1/s1. The van der Waals surface area contributed by atoms with E-state index in [9.17, 15) is 4.91 Å². The molecule has 0 spiro atoms. The van der Waals surface area contributed by atoms with Gasteiger partial charge in [0.25, 0.3) is 0 Å². The molecular weight excluding hydrogens is 224 g/mol. The van der Waals surface area contributed by atoms with Gasteiger partial charge in [-0.15, -0.1) is 4.91 Å². The quantitative estimate of drug-likeness (QED) is 0.761. The molecule has 3 heteroatoms. The Morgan fingerprint density at radius 1 is 0.833 bits per heavy atom. The van der Waals surface area contributed by atoms with Crippen LogP contribution in [0.25, 0.3) is 0 Å². The lowest BCUT2D eigenvalue weighted by molar-refractivity contribution is 0.0126. The van der Waals surface area contributed by atoms with E-state index in [1.807, 2.05) is 60.7 Å². The van der Waals surface area contributed by atoms with E-state index in [1.54, 1.807) is 5.01 Å². The van der Waals surface area contributed by atoms with Gasteiger partial charge in [-0.25, -0.2) is 5.01 Å². The first-order chi connectivity index (χ1) is 8.90. The van der Waals surface area contributed by atoms with E-state index in [2.05, 4.69) is 5.29 Å². The molecule has 0 N–H and O–H groups in total. The van der Waals surface area contributed by atoms with Gasteiger partial charge in [-0.2, -0.15) is 0 Å². The molecule has 90 valence electrons. The highest BCUT2D eigenvalue weighted by Crippen LogP contribution is 2.47. The second-order valence-electron chi connectivity index (χ2n) is 4.55. The summed E-state index contributed by atoms with van der Waals surface area (Å²) in [4.78, 5) is 11.0. The summed E-state index contributed by atoms with van der Waals surface area (Å²) in [7, 11) is 0. The van der Waals surface area contributed by atoms with Crippen molar-refractivity contribution in [3.63, 3.8) is 0 Å². The molecule has 3 nitrogen and oxygen atoms in total. The van der Waals surface area contributed by atoms with Crippen LogP contribution in [0.3, 0.4) is 0 Å². The van der Waals surface area contributed by atoms with Crippen molar-refractivity contribution in [2.75, 3.05) is 0 Å². The van der Waals surface area contributed by atoms with E-state index < -0.39 is 0 Å². The van der Waals surface area contributed by atoms with Gasteiger partial charge in [0.1, 0.15) is 0 Å². The maximum atomic E-state index is 11.0. The predicted molar refractivity (Wildman–Crippen MR) is 70.6 cm³/mol. The highest BCUT2D eigenvalue weighted by molar-refractivity contribution is 5.27. The van der Waals surface area contributed by atoms with Crippen LogP contribution in [0.1, 0.15) is 29.6 Å². The molecule has 18 heavy (non-hydrogen) atoms. The number of benzene rings is 2. The van der Waals surface area contributed by atoms with Crippen molar-refractivity contribution in [2.24, 2.45) is 5.29 Å². The summed E-state index contributed by atoms with van der Waals surface area (Å²) in [6, 6.07) is 20.4. The summed E-state index contributed by atoms with van der Waals surface area (Å²) < 4.78 is 0. The summed E-state index contributed by atoms with van der Waals surface area (Å²) in [5.74, 6) is 0. The number of hydrogen-bond acceptors (Lipinski definition) is 2. The number of rotatable bonds is 3. The molecule has 0 radical (unpaired) electrons. The summed E-state index contributed by atoms with van der Waals surface area (Å²) >= 11 is 0. The van der Waals surface area contributed by atoms with Crippen LogP contribution < -0.4 is 0 Å². The highest BCUT2D eigenvalue weighted by Gasteiger charge is 2.40. The van der Waals surface area contributed by atoms with Crippen molar-refractivity contribution >= 4 is 0 Å². The molecule has 2 aromatic rings. The third kappa shape index (κ3) is 1.78. The molecule has 1 aliphatic heterocycles. The van der Waals surface area contributed by atoms with Gasteiger partial charge < -0.3 is 0 Å². The molecule has 1 fully saturated rings. The van der Waals surface area contributed by atoms with Crippen LogP contribution in [0.15, 0.2) is 65.9 Å². The molecule has 0 saturated carbocycles. The van der Waals surface area contributed by atoms with Gasteiger partial charge in [0.15, 0.2) is 0 Å². The maximum absolute atomic E-state index is 11.0. The monoisotopic (exact) mass is 238 g/mol. The Balaban J connectivity index is 1.82. The van der Waals surface area contributed by atoms with Crippen molar-refractivity contribution in [3.8, 4) is 0 Å². The minimum absolute atomic E-state index is 0.119. The Labute approximate surface area is 106 Å². The Morgan fingerprint density at radius 3 is 1.67 bits per heavy atom. The third-order valence-electron chi connectivity index (χ3n) is 3.55. The fourth-order valence-corrected chi connectivity index (χ4v) is 2.55. The van der Waals surface area contributed by atoms with E-state index in [0.717, 1.165) is 17.5 Å². The second-order valence-corrected chi connectivity index (χ2v) is 4.55. The van der Waals surface area contributed by atoms with Crippen LogP contribution in [0.5, 0.6) is 0 Å². The average Bonchev–Trinajstić information content (AvgIpc) is 2.41. The fraction of sp³-hybridized carbons (Fsp3) is 0.200. The van der Waals surface area contributed by atoms with E-state index in [0.29, 0.717) is 0 Å². The van der Waals surface area contributed by atoms with Gasteiger partial charge in [-0.05, 0) is 17.5 Å². The van der Waals surface area contributed by atoms with Crippen molar-refractivity contribution < 1.29 is 0 Å². The summed E-state index contributed by atoms with van der Waals surface area (Å²) in [5.41, 5.74) is 2.31. The average molecular weight is 238 g/mol. The van der Waals surface area contributed by atoms with Crippen LogP contribution in [-0.2, 0) is 0 Å². The lowest BCUT2D eigenvalue weighted by Gasteiger charge is -2.44. The Morgan fingerprint density at radius 2 is 1.28 bits per heavy atom. The van der Waals surface area contributed by atoms with Crippen molar-refractivity contribution in [2.45, 2.75) is 18.5 Å². The molecule has 0 unspecified atom stereocenters. The molecular formula is C15H14N2O. The molecule has 0 bridgehead atoms. The van der Waals surface area contributed by atoms with Crippen LogP contribution in [0.4, 0.5) is 0 Å². The first-order valence-electron chi connectivity index (χ1n) is 6.11. The molecule has 0 aromatic heterocycles. The molecule has 3 rings (SSSR count). The number of nitroso groups, excluding NO2 is 1. The molecule has 1 aliphatic rings. The zero-order valence-corrected chi connectivity index (χ0v) is 9.94. The van der Waals surface area contributed by atoms with E-state index >= 15 is 0 Å². The van der Waals surface area contributed by atoms with Crippen molar-refractivity contribution in [3.05, 3.63) is 76.7 Å². The molecule has 0 amide bonds. The van der Waals surface area contributed by atoms with Crippen LogP contribution >= 0.6 is 0 Å². The summed E-state index contributed by atoms with van der Waals surface area (Å²) in [6.07, 6.45) is 0.944. The molecule has 2 atom stereocenters. The maximum Gasteiger partial charge on any atom is 0.0782 e. The zero-order chi connectivity index (χ0) is 12.4. The predicted octanol–water partition coefficient (Wildman–Crippen LogP) is 3.86. The lowest BCUT2D eigenvalue weighted by Crippen LogP contribution is -2.39. The molecule has 1 heterocycles. The summed E-state index contributed by atoms with van der Waals surface area (Å²) in [6.45, 7) is 0. The first kappa shape index (κ1) is 11.0. The third-order valence-corrected chi connectivity index (χ3v) is 3.55. The second kappa shape index (κ2) is 4.61. The minimum atomic E-state index is 0.119. The fourth-order valence-electron chi connectivity index (χ4n) is 2.55. The Kier molecular flexibility index (Phi) is 2.81. The number of nitrogens with zero attached hydrogens (tertiary/aromatic N) is 2. The minimum Gasteiger partial charge on any atom is -0.246 e. The van der Waals surface area contributed by atoms with Crippen LogP contribution in [0, 0.1) is 4.91 Å². The summed E-state index contributed by atoms with van der Waals surface area (Å²) in [5, 5.41) is 4.85. The van der Waals surface area contributed by atoms with Gasteiger partial charge in [0.2, 0.25) is 0 Å². The SMILES string of the molecule is O=NN1[C@@H](c2ccccc2)C[C@@H]1c1ccccc1. The van der Waals surface area contributed by atoms with Crippen LogP contribution in [0.2, 0.25) is 0 Å². The Bertz CT molecular complexity index is 481. The topological polar surface area (TPSA) is 32.7 Å². The van der Waals surface area contributed by atoms with Gasteiger partial charge in [-0.1, -0.05) is 60.7 Å². The largest absolute Gasteiger partial charge is 0.246 e. The van der Waals surface area contributed by atoms with E-state index in [1.165, 1.54) is 0 Å². The lowest BCUT2D eigenvalue weighted by atomic mass is 9.85. The van der Waals surface area contributed by atoms with Gasteiger partial charge in [-0.3, -0.25) is 0 Å². The van der Waals surface area contributed by atoms with Gasteiger partial charge in [0.05, 0.1) is 17.4 Å². The van der Waals surface area contributed by atoms with Crippen molar-refractivity contribution in [1.82, 2.24) is 5.01 Å². The highest BCUT2D eigenvalue weighted by atomic mass is 16.3. The van der Waals surface area contributed by atoms with E-state index in [4.69, 9.17) is 0 Å². The van der Waals surface area contributed by atoms with Crippen LogP contribution in [-0.4, -0.2) is 5.01 Å². The Hall–Kier alpha value is -2.16. The van der Waals surface area contributed by atoms with Crippen molar-refractivity contribution in [1.29, 1.82) is 0 Å².